The molecule has 1 aromatic rings. The number of hydrogen-bond acceptors (Lipinski definition) is 4. The van der Waals surface area contributed by atoms with Crippen LogP contribution in [0.4, 0.5) is 5.82 Å². The number of nitrogens with zero attached hydrogens (tertiary/aromatic N) is 3. The predicted octanol–water partition coefficient (Wildman–Crippen LogP) is 2.64. The third-order valence-electron chi connectivity index (χ3n) is 3.92. The molecule has 1 fully saturated rings. The van der Waals surface area contributed by atoms with Gasteiger partial charge in [-0.05, 0) is 44.7 Å². The lowest BCUT2D eigenvalue weighted by molar-refractivity contribution is 0.318. The smallest absolute Gasteiger partial charge is 0.173 e. The number of pyridine rings is 1. The summed E-state index contributed by atoms with van der Waals surface area (Å²) in [5.74, 6) is 0.992. The van der Waals surface area contributed by atoms with Crippen LogP contribution in [0.5, 0.6) is 0 Å². The third kappa shape index (κ3) is 3.03. The molecule has 0 aliphatic carbocycles. The number of rotatable bonds is 4. The minimum absolute atomic E-state index is 0.133. The van der Waals surface area contributed by atoms with Crippen molar-refractivity contribution >= 4 is 11.7 Å². The number of amidine groups is 1. The highest BCUT2D eigenvalue weighted by atomic mass is 16.4. The lowest BCUT2D eigenvalue weighted by Gasteiger charge is -2.37. The molecule has 20 heavy (non-hydrogen) atoms. The summed E-state index contributed by atoms with van der Waals surface area (Å²) in [6, 6.07) is 4.30. The Morgan fingerprint density at radius 3 is 3.00 bits per heavy atom. The van der Waals surface area contributed by atoms with E-state index in [9.17, 15) is 0 Å². The fourth-order valence-electron chi connectivity index (χ4n) is 2.93. The predicted molar refractivity (Wildman–Crippen MR) is 81.4 cm³/mol. The molecule has 0 bridgehead atoms. The Morgan fingerprint density at radius 2 is 2.30 bits per heavy atom. The van der Waals surface area contributed by atoms with Crippen molar-refractivity contribution in [2.45, 2.75) is 52.0 Å². The van der Waals surface area contributed by atoms with Crippen LogP contribution in [-0.4, -0.2) is 28.6 Å². The quantitative estimate of drug-likeness (QED) is 0.384. The van der Waals surface area contributed by atoms with E-state index in [0.29, 0.717) is 6.04 Å². The van der Waals surface area contributed by atoms with Gasteiger partial charge in [0.05, 0.1) is 5.56 Å². The van der Waals surface area contributed by atoms with Gasteiger partial charge in [0.2, 0.25) is 0 Å². The number of aryl methyl sites for hydroxylation is 1. The Balaban J connectivity index is 2.40. The van der Waals surface area contributed by atoms with E-state index < -0.39 is 0 Å². The maximum Gasteiger partial charge on any atom is 0.173 e. The highest BCUT2D eigenvalue weighted by molar-refractivity contribution is 6.01. The normalized spacial score (nSPS) is 20.2. The van der Waals surface area contributed by atoms with Gasteiger partial charge in [0, 0.05) is 18.3 Å². The van der Waals surface area contributed by atoms with Crippen LogP contribution in [0.3, 0.4) is 0 Å². The van der Waals surface area contributed by atoms with E-state index in [1.165, 1.54) is 19.3 Å². The minimum atomic E-state index is 0.133. The maximum absolute atomic E-state index is 8.97. The molecule has 1 atom stereocenters. The summed E-state index contributed by atoms with van der Waals surface area (Å²) in [5.41, 5.74) is 7.48. The molecule has 1 saturated heterocycles. The average molecular weight is 276 g/mol. The molecule has 5 heteroatoms. The van der Waals surface area contributed by atoms with E-state index in [0.717, 1.165) is 36.5 Å². The Morgan fingerprint density at radius 1 is 1.50 bits per heavy atom. The van der Waals surface area contributed by atoms with Crippen LogP contribution >= 0.6 is 0 Å². The minimum Gasteiger partial charge on any atom is -0.409 e. The molecular formula is C15H24N4O. The van der Waals surface area contributed by atoms with Gasteiger partial charge >= 0.3 is 0 Å². The Bertz CT molecular complexity index is 485. The topological polar surface area (TPSA) is 74.7 Å². The van der Waals surface area contributed by atoms with E-state index in [1.54, 1.807) is 0 Å². The number of nitrogens with two attached hydrogens (primary N) is 1. The van der Waals surface area contributed by atoms with E-state index in [-0.39, 0.29) is 5.84 Å². The van der Waals surface area contributed by atoms with Gasteiger partial charge in [-0.25, -0.2) is 4.98 Å². The van der Waals surface area contributed by atoms with Gasteiger partial charge in [-0.1, -0.05) is 18.5 Å². The zero-order chi connectivity index (χ0) is 14.5. The summed E-state index contributed by atoms with van der Waals surface area (Å²) in [4.78, 5) is 6.99. The van der Waals surface area contributed by atoms with Crippen LogP contribution in [-0.2, 0) is 0 Å². The first-order valence-corrected chi connectivity index (χ1v) is 7.39. The molecule has 2 rings (SSSR count). The lowest BCUT2D eigenvalue weighted by atomic mass is 9.97. The molecule has 2 heterocycles. The van der Waals surface area contributed by atoms with E-state index in [2.05, 4.69) is 22.0 Å². The summed E-state index contributed by atoms with van der Waals surface area (Å²) >= 11 is 0. The Labute approximate surface area is 120 Å². The molecule has 1 unspecified atom stereocenters. The van der Waals surface area contributed by atoms with Crippen LogP contribution in [0, 0.1) is 6.92 Å². The summed E-state index contributed by atoms with van der Waals surface area (Å²) in [6.07, 6.45) is 5.95. The van der Waals surface area contributed by atoms with Crippen molar-refractivity contribution in [2.75, 3.05) is 11.4 Å². The standard InChI is InChI=1S/C15H24N4O/c1-3-6-12-7-4-5-10-19(12)15-13(14(16)18-20)9-8-11(2)17-15/h8-9,12,20H,3-7,10H2,1-2H3,(H2,16,18). The van der Waals surface area contributed by atoms with Crippen LogP contribution < -0.4 is 10.6 Å². The number of aromatic nitrogens is 1. The summed E-state index contributed by atoms with van der Waals surface area (Å²) in [6.45, 7) is 5.17. The molecule has 5 nitrogen and oxygen atoms in total. The zero-order valence-electron chi connectivity index (χ0n) is 12.3. The second-order valence-corrected chi connectivity index (χ2v) is 5.44. The van der Waals surface area contributed by atoms with Gasteiger partial charge in [0.25, 0.3) is 0 Å². The molecular weight excluding hydrogens is 252 g/mol. The summed E-state index contributed by atoms with van der Waals surface area (Å²) < 4.78 is 0. The SMILES string of the molecule is CCCC1CCCCN1c1nc(C)ccc1/C(N)=N/O. The Kier molecular flexibility index (Phi) is 4.82. The van der Waals surface area contributed by atoms with Gasteiger partial charge < -0.3 is 15.8 Å². The van der Waals surface area contributed by atoms with Crippen molar-refractivity contribution in [2.24, 2.45) is 10.9 Å². The first-order valence-electron chi connectivity index (χ1n) is 7.39. The van der Waals surface area contributed by atoms with E-state index >= 15 is 0 Å². The van der Waals surface area contributed by atoms with Crippen molar-refractivity contribution in [3.05, 3.63) is 23.4 Å². The second kappa shape index (κ2) is 6.59. The molecule has 0 amide bonds. The molecule has 1 aliphatic heterocycles. The van der Waals surface area contributed by atoms with E-state index in [1.807, 2.05) is 19.1 Å². The van der Waals surface area contributed by atoms with Crippen molar-refractivity contribution in [3.63, 3.8) is 0 Å². The average Bonchev–Trinajstić information content (AvgIpc) is 2.47. The van der Waals surface area contributed by atoms with Crippen molar-refractivity contribution < 1.29 is 5.21 Å². The molecule has 0 saturated carbocycles. The van der Waals surface area contributed by atoms with E-state index in [4.69, 9.17) is 10.9 Å². The molecule has 0 spiro atoms. The highest BCUT2D eigenvalue weighted by Gasteiger charge is 2.25. The van der Waals surface area contributed by atoms with Gasteiger partial charge in [0.1, 0.15) is 5.82 Å². The van der Waals surface area contributed by atoms with Gasteiger partial charge in [0.15, 0.2) is 5.84 Å². The molecule has 0 radical (unpaired) electrons. The van der Waals surface area contributed by atoms with Crippen LogP contribution in [0.15, 0.2) is 17.3 Å². The lowest BCUT2D eigenvalue weighted by Crippen LogP contribution is -2.41. The third-order valence-corrected chi connectivity index (χ3v) is 3.92. The molecule has 1 aromatic heterocycles. The van der Waals surface area contributed by atoms with Crippen LogP contribution in [0.1, 0.15) is 50.3 Å². The first-order chi connectivity index (χ1) is 9.67. The van der Waals surface area contributed by atoms with Crippen molar-refractivity contribution in [1.82, 2.24) is 4.98 Å². The first kappa shape index (κ1) is 14.6. The van der Waals surface area contributed by atoms with Crippen LogP contribution in [0.2, 0.25) is 0 Å². The number of oxime groups is 1. The Hall–Kier alpha value is -1.78. The van der Waals surface area contributed by atoms with Gasteiger partial charge in [-0.2, -0.15) is 0 Å². The fourth-order valence-corrected chi connectivity index (χ4v) is 2.93. The fraction of sp³-hybridized carbons (Fsp3) is 0.600. The second-order valence-electron chi connectivity index (χ2n) is 5.44. The van der Waals surface area contributed by atoms with Crippen molar-refractivity contribution in [3.8, 4) is 0 Å². The molecule has 0 aromatic carbocycles. The van der Waals surface area contributed by atoms with Gasteiger partial charge in [-0.15, -0.1) is 0 Å². The zero-order valence-corrected chi connectivity index (χ0v) is 12.3. The van der Waals surface area contributed by atoms with Gasteiger partial charge in [-0.3, -0.25) is 0 Å². The van der Waals surface area contributed by atoms with Crippen molar-refractivity contribution in [1.29, 1.82) is 0 Å². The maximum atomic E-state index is 8.97. The van der Waals surface area contributed by atoms with Crippen LogP contribution in [0.25, 0.3) is 0 Å². The molecule has 3 N–H and O–H groups in total. The molecule has 1 aliphatic rings. The highest BCUT2D eigenvalue weighted by Crippen LogP contribution is 2.28. The monoisotopic (exact) mass is 276 g/mol. The number of anilines is 1. The summed E-state index contributed by atoms with van der Waals surface area (Å²) in [5, 5.41) is 12.1. The molecule has 110 valence electrons. The number of hydrogen-bond donors (Lipinski definition) is 2. The number of piperidine rings is 1. The summed E-state index contributed by atoms with van der Waals surface area (Å²) in [7, 11) is 0. The largest absolute Gasteiger partial charge is 0.409 e.